The lowest BCUT2D eigenvalue weighted by molar-refractivity contribution is -0.188. The summed E-state index contributed by atoms with van der Waals surface area (Å²) in [6, 6.07) is 0. The highest BCUT2D eigenvalue weighted by Gasteiger charge is 2.56. The molecule has 2 heterocycles. The molecular weight excluding hydrogens is 468 g/mol. The second-order valence-electron chi connectivity index (χ2n) is 5.76. The Morgan fingerprint density at radius 2 is 1.24 bits per heavy atom. The molecule has 0 N–H and O–H groups in total. The molecule has 0 aliphatic carbocycles. The van der Waals surface area contributed by atoms with E-state index in [9.17, 15) is 27.2 Å². The molecule has 17 heteroatoms. The molecule has 0 radical (unpaired) electrons. The number of hydrogen-bond acceptors (Lipinski definition) is 11. The van der Waals surface area contributed by atoms with E-state index in [0.717, 1.165) is 0 Å². The van der Waals surface area contributed by atoms with Gasteiger partial charge in [-0.3, -0.25) is 0 Å². The van der Waals surface area contributed by atoms with Crippen molar-refractivity contribution in [1.29, 1.82) is 0 Å². The van der Waals surface area contributed by atoms with Gasteiger partial charge in [-0.05, 0) is 0 Å². The third-order valence-electron chi connectivity index (χ3n) is 3.96. The van der Waals surface area contributed by atoms with Crippen molar-refractivity contribution in [3.05, 3.63) is 0 Å². The van der Waals surface area contributed by atoms with Gasteiger partial charge in [0.15, 0.2) is 0 Å². The fraction of sp³-hybridized carbons (Fsp3) is 0.833. The van der Waals surface area contributed by atoms with E-state index in [-0.39, 0.29) is 47.8 Å². The van der Waals surface area contributed by atoms with Gasteiger partial charge in [-0.25, -0.2) is 9.59 Å². The van der Waals surface area contributed by atoms with Gasteiger partial charge in [0.1, 0.15) is 59.0 Å². The average molecular weight is 486 g/mol. The minimum Gasteiger partial charge on any atom is -0.416 e. The minimum absolute atomic E-state index is 0.166. The highest BCUT2D eigenvalue weighted by atomic mass is 32.2. The maximum atomic E-state index is 14.2. The highest BCUT2D eigenvalue weighted by molar-refractivity contribution is 7.90. The molecule has 2 saturated heterocycles. The minimum atomic E-state index is -4.21. The Balaban J connectivity index is 1.89. The molecule has 2 rings (SSSR count). The Bertz CT molecular complexity index is 529. The van der Waals surface area contributed by atoms with Crippen molar-refractivity contribution in [2.45, 2.75) is 36.3 Å². The Hall–Kier alpha value is -0.796. The zero-order valence-electron chi connectivity index (χ0n) is 15.1. The third kappa shape index (κ3) is 5.67. The molecule has 0 amide bonds. The standard InChI is InChI=1S/C12H18F4O10SSi2/c13-11(14,7(25-28)5-1-19-3-21-5)9(17)23-27-24-10(18)12(15,16)8(26-29)6-2-20-4-22-6/h5-8H,1-4H2,28-29H3. The summed E-state index contributed by atoms with van der Waals surface area (Å²) in [7, 11) is -0.333. The van der Waals surface area contributed by atoms with E-state index in [0.29, 0.717) is 0 Å². The monoisotopic (exact) mass is 486 g/mol. The zero-order chi connectivity index (χ0) is 21.7. The van der Waals surface area contributed by atoms with Gasteiger partial charge in [-0.15, -0.1) is 0 Å². The molecule has 0 aromatic carbocycles. The first kappa shape index (κ1) is 24.5. The molecule has 29 heavy (non-hydrogen) atoms. The van der Waals surface area contributed by atoms with Crippen LogP contribution in [0.3, 0.4) is 0 Å². The van der Waals surface area contributed by atoms with Crippen molar-refractivity contribution in [1.82, 2.24) is 0 Å². The first-order chi connectivity index (χ1) is 13.7. The molecule has 4 unspecified atom stereocenters. The quantitative estimate of drug-likeness (QED) is 0.194. The van der Waals surface area contributed by atoms with Crippen LogP contribution in [0.15, 0.2) is 0 Å². The summed E-state index contributed by atoms with van der Waals surface area (Å²) in [5, 5.41) is 0. The summed E-state index contributed by atoms with van der Waals surface area (Å²) < 4.78 is 93.7. The van der Waals surface area contributed by atoms with Crippen LogP contribution in [0, 0.1) is 0 Å². The Morgan fingerprint density at radius 1 is 0.862 bits per heavy atom. The SMILES string of the molecule is O=C(OSOC(=O)C(F)(F)C(O[SiH3])C1COCO1)C(F)(F)C(O[SiH3])C1COCO1. The molecule has 2 fully saturated rings. The van der Waals surface area contributed by atoms with E-state index in [1.807, 2.05) is 0 Å². The molecule has 10 nitrogen and oxygen atoms in total. The van der Waals surface area contributed by atoms with Crippen LogP contribution in [0.25, 0.3) is 0 Å². The number of alkyl halides is 4. The van der Waals surface area contributed by atoms with Crippen LogP contribution < -0.4 is 0 Å². The predicted octanol–water partition coefficient (Wildman–Crippen LogP) is -2.02. The van der Waals surface area contributed by atoms with Crippen molar-refractivity contribution >= 4 is 45.2 Å². The van der Waals surface area contributed by atoms with E-state index < -0.39 is 60.5 Å². The van der Waals surface area contributed by atoms with Gasteiger partial charge in [0.2, 0.25) is 0 Å². The first-order valence-electron chi connectivity index (χ1n) is 7.96. The van der Waals surface area contributed by atoms with Crippen LogP contribution in [0.1, 0.15) is 0 Å². The van der Waals surface area contributed by atoms with Crippen molar-refractivity contribution in [2.24, 2.45) is 0 Å². The lowest BCUT2D eigenvalue weighted by Crippen LogP contribution is -2.51. The highest BCUT2D eigenvalue weighted by Crippen LogP contribution is 2.32. The Labute approximate surface area is 172 Å². The van der Waals surface area contributed by atoms with Crippen molar-refractivity contribution in [3.8, 4) is 0 Å². The molecule has 2 aliphatic heterocycles. The topological polar surface area (TPSA) is 108 Å². The second kappa shape index (κ2) is 10.5. The number of rotatable bonds is 10. The fourth-order valence-electron chi connectivity index (χ4n) is 2.53. The van der Waals surface area contributed by atoms with Crippen LogP contribution in [0.2, 0.25) is 0 Å². The van der Waals surface area contributed by atoms with Crippen molar-refractivity contribution in [3.63, 3.8) is 0 Å². The molecule has 168 valence electrons. The van der Waals surface area contributed by atoms with Gasteiger partial charge in [0, 0.05) is 0 Å². The molecule has 0 aromatic rings. The largest absolute Gasteiger partial charge is 0.416 e. The van der Waals surface area contributed by atoms with Crippen LogP contribution >= 0.6 is 12.3 Å². The van der Waals surface area contributed by atoms with Crippen LogP contribution in [0.5, 0.6) is 0 Å². The normalized spacial score (nSPS) is 25.1. The summed E-state index contributed by atoms with van der Waals surface area (Å²) in [6.45, 7) is -0.979. The van der Waals surface area contributed by atoms with Crippen LogP contribution in [-0.4, -0.2) is 96.0 Å². The predicted molar refractivity (Wildman–Crippen MR) is 90.7 cm³/mol. The lowest BCUT2D eigenvalue weighted by Gasteiger charge is -2.28. The summed E-state index contributed by atoms with van der Waals surface area (Å²) in [4.78, 5) is 23.3. The molecule has 0 saturated carbocycles. The van der Waals surface area contributed by atoms with E-state index in [1.54, 1.807) is 0 Å². The molecule has 0 spiro atoms. The number of carbonyl (C=O) groups excluding carboxylic acids is 2. The van der Waals surface area contributed by atoms with Gasteiger partial charge < -0.3 is 36.2 Å². The number of hydrogen-bond donors (Lipinski definition) is 0. The molecule has 2 aliphatic rings. The molecular formula is C12H18F4O10SSi2. The van der Waals surface area contributed by atoms with Crippen molar-refractivity contribution in [2.75, 3.05) is 26.8 Å². The number of ether oxygens (including phenoxy) is 4. The number of halogens is 4. The molecule has 0 bridgehead atoms. The van der Waals surface area contributed by atoms with Crippen LogP contribution in [0.4, 0.5) is 17.6 Å². The average Bonchev–Trinajstić information content (AvgIpc) is 3.36. The summed E-state index contributed by atoms with van der Waals surface area (Å²) >= 11 is -0.628. The molecule has 0 aromatic heterocycles. The first-order valence-corrected chi connectivity index (χ1v) is 10.3. The van der Waals surface area contributed by atoms with E-state index in [1.165, 1.54) is 0 Å². The smallest absolute Gasteiger partial charge is 0.394 e. The summed E-state index contributed by atoms with van der Waals surface area (Å²) in [5.74, 6) is -12.8. The van der Waals surface area contributed by atoms with Crippen molar-refractivity contribution < 1.29 is 63.3 Å². The van der Waals surface area contributed by atoms with Gasteiger partial charge in [0.05, 0.1) is 13.2 Å². The van der Waals surface area contributed by atoms with Gasteiger partial charge in [-0.1, -0.05) is 0 Å². The summed E-state index contributed by atoms with van der Waals surface area (Å²) in [6.07, 6.45) is -6.48. The number of carbonyl (C=O) groups is 2. The van der Waals surface area contributed by atoms with E-state index in [2.05, 4.69) is 8.37 Å². The maximum absolute atomic E-state index is 14.2. The van der Waals surface area contributed by atoms with Gasteiger partial charge >= 0.3 is 23.8 Å². The maximum Gasteiger partial charge on any atom is 0.394 e. The third-order valence-corrected chi connectivity index (χ3v) is 5.41. The summed E-state index contributed by atoms with van der Waals surface area (Å²) in [5.41, 5.74) is 0. The Kier molecular flexibility index (Phi) is 8.85. The van der Waals surface area contributed by atoms with E-state index >= 15 is 0 Å². The van der Waals surface area contributed by atoms with Gasteiger partial charge in [0.25, 0.3) is 12.3 Å². The fourth-order valence-corrected chi connectivity index (χ4v) is 4.11. The van der Waals surface area contributed by atoms with E-state index in [4.69, 9.17) is 27.8 Å². The Morgan fingerprint density at radius 3 is 1.52 bits per heavy atom. The molecule has 4 atom stereocenters. The second-order valence-corrected chi connectivity index (χ2v) is 7.17. The van der Waals surface area contributed by atoms with Gasteiger partial charge in [-0.2, -0.15) is 17.6 Å². The zero-order valence-corrected chi connectivity index (χ0v) is 20.0. The van der Waals surface area contributed by atoms with Crippen LogP contribution in [-0.2, 0) is 45.8 Å². The lowest BCUT2D eigenvalue weighted by atomic mass is 10.1.